The van der Waals surface area contributed by atoms with Crippen LogP contribution >= 0.6 is 0 Å². The SMILES string of the molecule is COc1ccc(-c2ccc3ncc4c(c3c2)n(-c2cc(C)nn2C)c(=O)n4C)cc1OC. The summed E-state index contributed by atoms with van der Waals surface area (Å²) in [6.45, 7) is 1.91. The number of imidazole rings is 1. The molecule has 0 amide bonds. The first-order chi connectivity index (χ1) is 15.4. The highest BCUT2D eigenvalue weighted by Crippen LogP contribution is 2.34. The molecule has 2 aromatic carbocycles. The summed E-state index contributed by atoms with van der Waals surface area (Å²) in [6, 6.07) is 13.8. The van der Waals surface area contributed by atoms with Crippen molar-refractivity contribution in [2.24, 2.45) is 14.1 Å². The standard InChI is InChI=1S/C24H23N5O3/c1-14-10-22(28(3)26-14)29-23-17-11-15(16-7-9-20(31-4)21(12-16)32-5)6-8-18(17)25-13-19(23)27(2)24(29)30/h6-13H,1-5H3. The van der Waals surface area contributed by atoms with E-state index in [0.29, 0.717) is 17.3 Å². The molecule has 0 unspecified atom stereocenters. The molecule has 8 heteroatoms. The quantitative estimate of drug-likeness (QED) is 0.436. The third kappa shape index (κ3) is 2.87. The fraction of sp³-hybridized carbons (Fsp3) is 0.208. The first-order valence-electron chi connectivity index (χ1n) is 10.2. The lowest BCUT2D eigenvalue weighted by Crippen LogP contribution is -2.22. The second-order valence-corrected chi connectivity index (χ2v) is 7.74. The van der Waals surface area contributed by atoms with Crippen LogP contribution in [0.5, 0.6) is 11.5 Å². The summed E-state index contributed by atoms with van der Waals surface area (Å²) in [5.74, 6) is 2.04. The van der Waals surface area contributed by atoms with E-state index in [1.165, 1.54) is 0 Å². The largest absolute Gasteiger partial charge is 0.493 e. The Morgan fingerprint density at radius 1 is 0.906 bits per heavy atom. The number of fused-ring (bicyclic) bond motifs is 3. The zero-order chi connectivity index (χ0) is 22.6. The van der Waals surface area contributed by atoms with Crippen molar-refractivity contribution < 1.29 is 9.47 Å². The van der Waals surface area contributed by atoms with Crippen molar-refractivity contribution in [2.45, 2.75) is 6.92 Å². The molecule has 0 saturated heterocycles. The summed E-state index contributed by atoms with van der Waals surface area (Å²) in [5, 5.41) is 5.31. The van der Waals surface area contributed by atoms with E-state index in [9.17, 15) is 4.79 Å². The van der Waals surface area contributed by atoms with Crippen molar-refractivity contribution in [1.29, 1.82) is 0 Å². The molecule has 3 heterocycles. The first-order valence-corrected chi connectivity index (χ1v) is 10.2. The third-order valence-corrected chi connectivity index (χ3v) is 5.81. The maximum absolute atomic E-state index is 13.2. The fourth-order valence-corrected chi connectivity index (χ4v) is 4.21. The number of methoxy groups -OCH3 is 2. The normalized spacial score (nSPS) is 11.4. The topological polar surface area (TPSA) is 76.1 Å². The van der Waals surface area contributed by atoms with E-state index in [0.717, 1.165) is 38.8 Å². The van der Waals surface area contributed by atoms with Gasteiger partial charge in [-0.25, -0.2) is 9.36 Å². The van der Waals surface area contributed by atoms with Crippen molar-refractivity contribution in [3.63, 3.8) is 0 Å². The number of aromatic nitrogens is 5. The Hall–Kier alpha value is -4.07. The lowest BCUT2D eigenvalue weighted by Gasteiger charge is -2.11. The highest BCUT2D eigenvalue weighted by Gasteiger charge is 2.19. The Balaban J connectivity index is 1.83. The molecule has 0 saturated carbocycles. The highest BCUT2D eigenvalue weighted by molar-refractivity contribution is 6.04. The number of rotatable bonds is 4. The van der Waals surface area contributed by atoms with Crippen LogP contribution in [0.15, 0.2) is 53.5 Å². The van der Waals surface area contributed by atoms with E-state index >= 15 is 0 Å². The number of pyridine rings is 1. The van der Waals surface area contributed by atoms with Gasteiger partial charge in [-0.05, 0) is 42.3 Å². The van der Waals surface area contributed by atoms with Gasteiger partial charge in [0.25, 0.3) is 0 Å². The molecule has 0 bridgehead atoms. The van der Waals surface area contributed by atoms with Crippen LogP contribution in [-0.2, 0) is 14.1 Å². The number of hydrogen-bond acceptors (Lipinski definition) is 5. The smallest absolute Gasteiger partial charge is 0.334 e. The lowest BCUT2D eigenvalue weighted by molar-refractivity contribution is 0.355. The van der Waals surface area contributed by atoms with Crippen molar-refractivity contribution in [3.05, 3.63) is 64.8 Å². The number of hydrogen-bond donors (Lipinski definition) is 0. The molecule has 0 radical (unpaired) electrons. The molecular weight excluding hydrogens is 406 g/mol. The maximum atomic E-state index is 13.2. The summed E-state index contributed by atoms with van der Waals surface area (Å²) in [5.41, 5.74) is 5.02. The van der Waals surface area contributed by atoms with Crippen molar-refractivity contribution in [2.75, 3.05) is 14.2 Å². The van der Waals surface area contributed by atoms with E-state index in [4.69, 9.17) is 9.47 Å². The summed E-state index contributed by atoms with van der Waals surface area (Å²) in [7, 11) is 6.83. The Kier molecular flexibility index (Phi) is 4.51. The van der Waals surface area contributed by atoms with Gasteiger partial charge >= 0.3 is 5.69 Å². The van der Waals surface area contributed by atoms with Gasteiger partial charge in [-0.3, -0.25) is 14.2 Å². The maximum Gasteiger partial charge on any atom is 0.334 e. The molecule has 5 aromatic rings. The summed E-state index contributed by atoms with van der Waals surface area (Å²) in [6.07, 6.45) is 1.74. The van der Waals surface area contributed by atoms with E-state index in [-0.39, 0.29) is 5.69 Å². The highest BCUT2D eigenvalue weighted by atomic mass is 16.5. The van der Waals surface area contributed by atoms with Crippen molar-refractivity contribution in [1.82, 2.24) is 23.9 Å². The van der Waals surface area contributed by atoms with Crippen LogP contribution in [0.25, 0.3) is 38.9 Å². The number of ether oxygens (including phenoxy) is 2. The van der Waals surface area contributed by atoms with Crippen molar-refractivity contribution >= 4 is 21.9 Å². The van der Waals surface area contributed by atoms with E-state index in [1.807, 2.05) is 50.4 Å². The molecule has 3 aromatic heterocycles. The van der Waals surface area contributed by atoms with Gasteiger partial charge in [0, 0.05) is 25.5 Å². The van der Waals surface area contributed by atoms with Gasteiger partial charge in [0.1, 0.15) is 5.82 Å². The molecule has 8 nitrogen and oxygen atoms in total. The predicted molar refractivity (Wildman–Crippen MR) is 124 cm³/mol. The molecule has 0 aliphatic rings. The second-order valence-electron chi connectivity index (χ2n) is 7.74. The summed E-state index contributed by atoms with van der Waals surface area (Å²) < 4.78 is 15.9. The Labute approximate surface area is 184 Å². The number of benzene rings is 2. The molecule has 0 atom stereocenters. The molecule has 0 N–H and O–H groups in total. The number of nitrogens with zero attached hydrogens (tertiary/aromatic N) is 5. The predicted octanol–water partition coefficient (Wildman–Crippen LogP) is 3.60. The van der Waals surface area contributed by atoms with Gasteiger partial charge in [0.15, 0.2) is 11.5 Å². The van der Waals surface area contributed by atoms with Crippen LogP contribution in [0.4, 0.5) is 0 Å². The summed E-state index contributed by atoms with van der Waals surface area (Å²) in [4.78, 5) is 17.8. The van der Waals surface area contributed by atoms with Gasteiger partial charge in [-0.1, -0.05) is 12.1 Å². The van der Waals surface area contributed by atoms with Crippen LogP contribution < -0.4 is 15.2 Å². The van der Waals surface area contributed by atoms with Crippen LogP contribution in [0.1, 0.15) is 5.69 Å². The van der Waals surface area contributed by atoms with Crippen LogP contribution in [0.2, 0.25) is 0 Å². The third-order valence-electron chi connectivity index (χ3n) is 5.81. The minimum absolute atomic E-state index is 0.145. The number of aryl methyl sites for hydroxylation is 3. The summed E-state index contributed by atoms with van der Waals surface area (Å²) >= 11 is 0. The minimum Gasteiger partial charge on any atom is -0.493 e. The average molecular weight is 429 g/mol. The molecular formula is C24H23N5O3. The van der Waals surface area contributed by atoms with Crippen LogP contribution in [-0.4, -0.2) is 38.1 Å². The Morgan fingerprint density at radius 2 is 1.62 bits per heavy atom. The van der Waals surface area contributed by atoms with E-state index in [2.05, 4.69) is 16.1 Å². The molecule has 5 rings (SSSR count). The lowest BCUT2D eigenvalue weighted by atomic mass is 10.0. The molecule has 162 valence electrons. The van der Waals surface area contributed by atoms with Gasteiger partial charge in [0.2, 0.25) is 0 Å². The molecule has 0 spiro atoms. The van der Waals surface area contributed by atoms with Gasteiger partial charge in [-0.2, -0.15) is 5.10 Å². The molecule has 0 aliphatic carbocycles. The molecule has 0 aliphatic heterocycles. The second kappa shape index (κ2) is 7.26. The van der Waals surface area contributed by atoms with Crippen LogP contribution in [0, 0.1) is 6.92 Å². The zero-order valence-electron chi connectivity index (χ0n) is 18.6. The fourth-order valence-electron chi connectivity index (χ4n) is 4.21. The first kappa shape index (κ1) is 19.9. The minimum atomic E-state index is -0.145. The van der Waals surface area contributed by atoms with Crippen molar-refractivity contribution in [3.8, 4) is 28.4 Å². The zero-order valence-corrected chi connectivity index (χ0v) is 18.6. The van der Waals surface area contributed by atoms with Gasteiger partial charge in [0.05, 0.1) is 42.7 Å². The Bertz CT molecular complexity index is 1560. The van der Waals surface area contributed by atoms with E-state index in [1.54, 1.807) is 41.3 Å². The van der Waals surface area contributed by atoms with Crippen LogP contribution in [0.3, 0.4) is 0 Å². The Morgan fingerprint density at radius 3 is 2.31 bits per heavy atom. The molecule has 0 fully saturated rings. The van der Waals surface area contributed by atoms with Gasteiger partial charge < -0.3 is 9.47 Å². The van der Waals surface area contributed by atoms with E-state index < -0.39 is 0 Å². The monoisotopic (exact) mass is 429 g/mol. The van der Waals surface area contributed by atoms with Gasteiger partial charge in [-0.15, -0.1) is 0 Å². The molecule has 32 heavy (non-hydrogen) atoms. The average Bonchev–Trinajstić information content (AvgIpc) is 3.27.